The van der Waals surface area contributed by atoms with E-state index in [4.69, 9.17) is 4.98 Å². The van der Waals surface area contributed by atoms with E-state index in [1.165, 1.54) is 10.6 Å². The minimum absolute atomic E-state index is 0.0995. The zero-order valence-electron chi connectivity index (χ0n) is 25.9. The van der Waals surface area contributed by atoms with Crippen molar-refractivity contribution in [2.45, 2.75) is 84.3 Å². The molecule has 0 aliphatic carbocycles. The van der Waals surface area contributed by atoms with Crippen molar-refractivity contribution >= 4 is 39.9 Å². The molecule has 0 spiro atoms. The smallest absolute Gasteiger partial charge is 0.252 e. The number of nitrogens with zero attached hydrogens (tertiary/aromatic N) is 3. The van der Waals surface area contributed by atoms with Gasteiger partial charge in [-0.2, -0.15) is 0 Å². The van der Waals surface area contributed by atoms with Gasteiger partial charge in [-0.05, 0) is 79.8 Å². The van der Waals surface area contributed by atoms with Crippen molar-refractivity contribution in [1.82, 2.24) is 20.2 Å². The highest BCUT2D eigenvalue weighted by Gasteiger charge is 2.27. The van der Waals surface area contributed by atoms with Crippen LogP contribution in [0.5, 0.6) is 0 Å². The molecule has 1 aliphatic rings. The van der Waals surface area contributed by atoms with E-state index >= 15 is 0 Å². The zero-order valence-corrected chi connectivity index (χ0v) is 26.7. The van der Waals surface area contributed by atoms with Gasteiger partial charge in [0.15, 0.2) is 0 Å². The monoisotopic (exact) mass is 599 g/mol. The summed E-state index contributed by atoms with van der Waals surface area (Å²) in [7, 11) is 0. The summed E-state index contributed by atoms with van der Waals surface area (Å²) in [6.45, 7) is 10.4. The van der Waals surface area contributed by atoms with Gasteiger partial charge in [0.1, 0.15) is 11.9 Å². The Kier molecular flexibility index (Phi) is 10.2. The highest BCUT2D eigenvalue weighted by atomic mass is 32.1. The molecule has 43 heavy (non-hydrogen) atoms. The fourth-order valence-corrected chi connectivity index (χ4v) is 6.91. The number of carbonyl (C=O) groups excluding carboxylic acids is 2. The van der Waals surface area contributed by atoms with Crippen LogP contribution in [0, 0.1) is 5.92 Å². The number of hydrogen-bond donors (Lipinski definition) is 2. The lowest BCUT2D eigenvalue weighted by Gasteiger charge is -2.34. The van der Waals surface area contributed by atoms with Crippen LogP contribution in [0.2, 0.25) is 0 Å². The lowest BCUT2D eigenvalue weighted by atomic mass is 10.00. The Labute approximate surface area is 259 Å². The molecule has 2 aromatic carbocycles. The number of aromatic nitrogens is 2. The Morgan fingerprint density at radius 2 is 1.74 bits per heavy atom. The maximum absolute atomic E-state index is 13.5. The molecular weight excluding hydrogens is 554 g/mol. The number of thiophene rings is 1. The number of fused-ring (bicyclic) bond motifs is 1. The van der Waals surface area contributed by atoms with Crippen LogP contribution in [-0.2, 0) is 11.2 Å². The van der Waals surface area contributed by atoms with Gasteiger partial charge in [0.05, 0.1) is 11.0 Å². The first-order valence-electron chi connectivity index (χ1n) is 15.8. The Bertz CT molecular complexity index is 1490. The summed E-state index contributed by atoms with van der Waals surface area (Å²) in [6.07, 6.45) is 5.14. The normalized spacial score (nSPS) is 14.9. The summed E-state index contributed by atoms with van der Waals surface area (Å²) in [4.78, 5) is 35.7. The van der Waals surface area contributed by atoms with E-state index in [0.29, 0.717) is 18.0 Å². The second-order valence-corrected chi connectivity index (χ2v) is 13.1. The molecule has 5 rings (SSSR count). The Balaban J connectivity index is 1.29. The summed E-state index contributed by atoms with van der Waals surface area (Å²) >= 11 is 1.74. The summed E-state index contributed by atoms with van der Waals surface area (Å²) in [5.74, 6) is 0.948. The minimum Gasteiger partial charge on any atom is -0.371 e. The quantitative estimate of drug-likeness (QED) is 0.184. The highest BCUT2D eigenvalue weighted by Crippen LogP contribution is 2.28. The third-order valence-electron chi connectivity index (χ3n) is 8.54. The number of nitrogens with one attached hydrogen (secondary N) is 2. The molecule has 4 aromatic rings. The van der Waals surface area contributed by atoms with Crippen molar-refractivity contribution < 1.29 is 9.59 Å². The molecule has 2 N–H and O–H groups in total. The SMILES string of the molecule is CCC(CC)n1c(Cc2cccs2)nc2cc(C(=O)N[C@@H](CC(C)C)C(=O)NC3CCN(c4ccccc4)CC3)ccc21. The van der Waals surface area contributed by atoms with Crippen LogP contribution in [0.1, 0.15) is 86.9 Å². The number of hydrogen-bond acceptors (Lipinski definition) is 5. The van der Waals surface area contributed by atoms with Gasteiger partial charge in [-0.25, -0.2) is 4.98 Å². The highest BCUT2D eigenvalue weighted by molar-refractivity contribution is 7.09. The molecule has 0 unspecified atom stereocenters. The lowest BCUT2D eigenvalue weighted by Crippen LogP contribution is -2.52. The minimum atomic E-state index is -0.591. The van der Waals surface area contributed by atoms with Crippen LogP contribution < -0.4 is 15.5 Å². The molecule has 2 amide bonds. The molecule has 1 saturated heterocycles. The van der Waals surface area contributed by atoms with E-state index in [9.17, 15) is 9.59 Å². The Morgan fingerprint density at radius 3 is 2.40 bits per heavy atom. The molecular formula is C35H45N5O2S. The van der Waals surface area contributed by atoms with Gasteiger partial charge in [-0.1, -0.05) is 52.0 Å². The van der Waals surface area contributed by atoms with Crippen LogP contribution in [0.4, 0.5) is 5.69 Å². The van der Waals surface area contributed by atoms with Crippen molar-refractivity contribution in [2.24, 2.45) is 5.92 Å². The number of rotatable bonds is 12. The van der Waals surface area contributed by atoms with Crippen LogP contribution >= 0.6 is 11.3 Å². The van der Waals surface area contributed by atoms with E-state index in [1.807, 2.05) is 24.3 Å². The average Bonchev–Trinajstić information content (AvgIpc) is 3.66. The van der Waals surface area contributed by atoms with Gasteiger partial charge in [0, 0.05) is 47.7 Å². The first kappa shape index (κ1) is 30.8. The Morgan fingerprint density at radius 1 is 1.00 bits per heavy atom. The lowest BCUT2D eigenvalue weighted by molar-refractivity contribution is -0.124. The molecule has 8 heteroatoms. The zero-order chi connectivity index (χ0) is 30.3. The van der Waals surface area contributed by atoms with Crippen molar-refractivity contribution in [3.8, 4) is 0 Å². The predicted octanol–water partition coefficient (Wildman–Crippen LogP) is 6.98. The molecule has 1 atom stereocenters. The molecule has 2 aromatic heterocycles. The van der Waals surface area contributed by atoms with Crippen LogP contribution in [0.15, 0.2) is 66.0 Å². The van der Waals surface area contributed by atoms with E-state index in [2.05, 4.69) is 89.6 Å². The second kappa shape index (κ2) is 14.2. The summed E-state index contributed by atoms with van der Waals surface area (Å²) in [5, 5.41) is 8.40. The van der Waals surface area contributed by atoms with Crippen molar-refractivity contribution in [3.63, 3.8) is 0 Å². The first-order chi connectivity index (χ1) is 20.9. The average molecular weight is 600 g/mol. The van der Waals surface area contributed by atoms with Crippen LogP contribution in [0.25, 0.3) is 11.0 Å². The predicted molar refractivity (Wildman–Crippen MR) is 177 cm³/mol. The van der Waals surface area contributed by atoms with Gasteiger partial charge >= 0.3 is 0 Å². The number of imidazole rings is 1. The van der Waals surface area contributed by atoms with Gasteiger partial charge < -0.3 is 20.1 Å². The maximum atomic E-state index is 13.5. The van der Waals surface area contributed by atoms with Crippen LogP contribution in [-0.4, -0.2) is 46.5 Å². The van der Waals surface area contributed by atoms with Gasteiger partial charge in [-0.3, -0.25) is 9.59 Å². The van der Waals surface area contributed by atoms with Gasteiger partial charge in [0.2, 0.25) is 5.91 Å². The maximum Gasteiger partial charge on any atom is 0.252 e. The standard InChI is InChI=1S/C35H45N5O2S/c1-5-27(6-2)40-32-15-14-25(22-30(32)37-33(40)23-29-13-10-20-43-29)34(41)38-31(21-24(3)4)35(42)36-26-16-18-39(19-17-26)28-11-8-7-9-12-28/h7-15,20,22,24,26-27,31H,5-6,16-19,21,23H2,1-4H3,(H,36,42)(H,38,41)/t31-/m0/s1. The molecule has 7 nitrogen and oxygen atoms in total. The molecule has 3 heterocycles. The fourth-order valence-electron chi connectivity index (χ4n) is 6.21. The second-order valence-electron chi connectivity index (χ2n) is 12.1. The van der Waals surface area contributed by atoms with E-state index in [1.54, 1.807) is 11.3 Å². The van der Waals surface area contributed by atoms with Crippen molar-refractivity contribution in [1.29, 1.82) is 0 Å². The number of carbonyl (C=O) groups is 2. The number of para-hydroxylation sites is 1. The topological polar surface area (TPSA) is 79.3 Å². The van der Waals surface area contributed by atoms with Crippen molar-refractivity contribution in [3.05, 3.63) is 82.3 Å². The van der Waals surface area contributed by atoms with Crippen molar-refractivity contribution in [2.75, 3.05) is 18.0 Å². The Hall–Kier alpha value is -3.65. The molecule has 228 valence electrons. The van der Waals surface area contributed by atoms with E-state index in [-0.39, 0.29) is 23.8 Å². The molecule has 0 radical (unpaired) electrons. The first-order valence-corrected chi connectivity index (χ1v) is 16.7. The molecule has 1 aliphatic heterocycles. The molecule has 0 saturated carbocycles. The number of piperidine rings is 1. The van der Waals surface area contributed by atoms with Gasteiger partial charge in [-0.15, -0.1) is 11.3 Å². The van der Waals surface area contributed by atoms with E-state index in [0.717, 1.165) is 62.1 Å². The van der Waals surface area contributed by atoms with E-state index < -0.39 is 6.04 Å². The van der Waals surface area contributed by atoms with Crippen LogP contribution in [0.3, 0.4) is 0 Å². The summed E-state index contributed by atoms with van der Waals surface area (Å²) in [5.41, 5.74) is 3.62. The summed E-state index contributed by atoms with van der Waals surface area (Å²) < 4.78 is 2.36. The third kappa shape index (κ3) is 7.47. The molecule has 1 fully saturated rings. The van der Waals surface area contributed by atoms with Gasteiger partial charge in [0.25, 0.3) is 5.91 Å². The third-order valence-corrected chi connectivity index (χ3v) is 9.41. The largest absolute Gasteiger partial charge is 0.371 e. The number of amides is 2. The number of anilines is 1. The fraction of sp³-hybridized carbons (Fsp3) is 0.457. The molecule has 0 bridgehead atoms. The summed E-state index contributed by atoms with van der Waals surface area (Å²) in [6, 6.07) is 20.3. The number of benzene rings is 2.